The molecule has 23 heavy (non-hydrogen) atoms. The molecule has 1 fully saturated rings. The molecule has 0 bridgehead atoms. The Hall–Kier alpha value is -1.91. The maximum Gasteiger partial charge on any atom is 0.220 e. The van der Waals surface area contributed by atoms with Gasteiger partial charge in [-0.3, -0.25) is 9.59 Å². The molecule has 1 aromatic rings. The van der Waals surface area contributed by atoms with Gasteiger partial charge in [-0.05, 0) is 55.2 Å². The Kier molecular flexibility index (Phi) is 6.13. The van der Waals surface area contributed by atoms with E-state index in [0.717, 1.165) is 31.2 Å². The first-order valence-corrected chi connectivity index (χ1v) is 8.27. The summed E-state index contributed by atoms with van der Waals surface area (Å²) in [4.78, 5) is 23.2. The molecule has 0 unspecified atom stereocenters. The lowest BCUT2D eigenvalue weighted by Gasteiger charge is -2.26. The quantitative estimate of drug-likeness (QED) is 0.846. The fraction of sp³-hybridized carbons (Fsp3) is 0.556. The van der Waals surface area contributed by atoms with Gasteiger partial charge in [-0.2, -0.15) is 0 Å². The van der Waals surface area contributed by atoms with Gasteiger partial charge in [0, 0.05) is 18.9 Å². The first-order chi connectivity index (χ1) is 11.0. The monoisotopic (exact) mass is 320 g/mol. The Balaban J connectivity index is 1.71. The van der Waals surface area contributed by atoms with Crippen molar-refractivity contribution in [1.29, 1.82) is 0 Å². The first-order valence-electron chi connectivity index (χ1n) is 8.27. The van der Waals surface area contributed by atoms with Crippen molar-refractivity contribution in [3.05, 3.63) is 35.6 Å². The second-order valence-electron chi connectivity index (χ2n) is 6.58. The smallest absolute Gasteiger partial charge is 0.220 e. The molecule has 1 saturated carbocycles. The van der Waals surface area contributed by atoms with E-state index in [1.54, 1.807) is 12.1 Å². The number of nitrogens with one attached hydrogen (secondary N) is 1. The lowest BCUT2D eigenvalue weighted by molar-refractivity contribution is -0.124. The highest BCUT2D eigenvalue weighted by molar-refractivity contribution is 5.77. The number of primary amides is 1. The molecule has 0 saturated heterocycles. The van der Waals surface area contributed by atoms with E-state index in [2.05, 4.69) is 5.32 Å². The molecular formula is C18H25FN2O2. The summed E-state index contributed by atoms with van der Waals surface area (Å²) in [6, 6.07) is 6.28. The van der Waals surface area contributed by atoms with Gasteiger partial charge in [-0.1, -0.05) is 19.1 Å². The molecule has 2 rings (SSSR count). The molecule has 3 N–H and O–H groups in total. The van der Waals surface area contributed by atoms with Crippen LogP contribution in [0.1, 0.15) is 50.5 Å². The van der Waals surface area contributed by atoms with Crippen LogP contribution in [-0.4, -0.2) is 18.4 Å². The van der Waals surface area contributed by atoms with Crippen molar-refractivity contribution in [2.24, 2.45) is 17.6 Å². The third-order valence-corrected chi connectivity index (χ3v) is 4.77. The average Bonchev–Trinajstić information content (AvgIpc) is 2.54. The van der Waals surface area contributed by atoms with Gasteiger partial charge in [0.15, 0.2) is 0 Å². The molecule has 1 aromatic carbocycles. The predicted molar refractivity (Wildman–Crippen MR) is 87.1 cm³/mol. The van der Waals surface area contributed by atoms with Crippen LogP contribution in [-0.2, 0) is 9.59 Å². The van der Waals surface area contributed by atoms with Gasteiger partial charge in [0.1, 0.15) is 5.82 Å². The zero-order valence-electron chi connectivity index (χ0n) is 13.6. The minimum atomic E-state index is -0.267. The van der Waals surface area contributed by atoms with Crippen LogP contribution in [0.25, 0.3) is 0 Å². The topological polar surface area (TPSA) is 72.2 Å². The standard InChI is InChI=1S/C18H25FN2O2/c1-12(14-6-8-16(19)9-7-14)10-17(22)21-11-13-2-4-15(5-3-13)18(20)23/h6-9,12-13,15H,2-5,10-11H2,1H3,(H2,20,23)(H,21,22)/t12-,13?,15?/m1/s1. The van der Waals surface area contributed by atoms with Crippen LogP contribution in [0.3, 0.4) is 0 Å². The van der Waals surface area contributed by atoms with Crippen LogP contribution in [0.2, 0.25) is 0 Å². The zero-order valence-corrected chi connectivity index (χ0v) is 13.6. The molecule has 4 nitrogen and oxygen atoms in total. The Labute approximate surface area is 136 Å². The number of halogens is 1. The molecule has 1 atom stereocenters. The molecule has 1 aliphatic carbocycles. The maximum absolute atomic E-state index is 12.9. The highest BCUT2D eigenvalue weighted by atomic mass is 19.1. The lowest BCUT2D eigenvalue weighted by atomic mass is 9.81. The average molecular weight is 320 g/mol. The largest absolute Gasteiger partial charge is 0.369 e. The number of rotatable bonds is 6. The molecular weight excluding hydrogens is 295 g/mol. The second-order valence-corrected chi connectivity index (χ2v) is 6.58. The molecule has 1 aliphatic rings. The maximum atomic E-state index is 12.9. The summed E-state index contributed by atoms with van der Waals surface area (Å²) in [6.07, 6.45) is 3.90. The van der Waals surface area contributed by atoms with E-state index >= 15 is 0 Å². The summed E-state index contributed by atoms with van der Waals surface area (Å²) >= 11 is 0. The molecule has 0 aromatic heterocycles. The Bertz CT molecular complexity index is 536. The summed E-state index contributed by atoms with van der Waals surface area (Å²) in [5.74, 6) is 0.0220. The number of benzene rings is 1. The Morgan fingerprint density at radius 1 is 1.22 bits per heavy atom. The van der Waals surface area contributed by atoms with Gasteiger partial charge in [-0.15, -0.1) is 0 Å². The Morgan fingerprint density at radius 2 is 1.83 bits per heavy atom. The minimum Gasteiger partial charge on any atom is -0.369 e. The van der Waals surface area contributed by atoms with Crippen LogP contribution in [0.4, 0.5) is 4.39 Å². The number of hydrogen-bond acceptors (Lipinski definition) is 2. The van der Waals surface area contributed by atoms with Crippen LogP contribution < -0.4 is 11.1 Å². The summed E-state index contributed by atoms with van der Waals surface area (Å²) in [5.41, 5.74) is 6.28. The minimum absolute atomic E-state index is 0.000417. The zero-order chi connectivity index (χ0) is 16.8. The van der Waals surface area contributed by atoms with Crippen LogP contribution in [0, 0.1) is 17.7 Å². The molecule has 0 heterocycles. The SMILES string of the molecule is C[C@H](CC(=O)NCC1CCC(C(N)=O)CC1)c1ccc(F)cc1. The van der Waals surface area contributed by atoms with Crippen molar-refractivity contribution >= 4 is 11.8 Å². The first kappa shape index (κ1) is 17.4. The van der Waals surface area contributed by atoms with Gasteiger partial charge >= 0.3 is 0 Å². The number of carbonyl (C=O) groups is 2. The van der Waals surface area contributed by atoms with E-state index in [9.17, 15) is 14.0 Å². The van der Waals surface area contributed by atoms with Gasteiger partial charge < -0.3 is 11.1 Å². The van der Waals surface area contributed by atoms with Gasteiger partial charge in [0.05, 0.1) is 0 Å². The lowest BCUT2D eigenvalue weighted by Crippen LogP contribution is -2.34. The van der Waals surface area contributed by atoms with Crippen molar-refractivity contribution in [3.8, 4) is 0 Å². The van der Waals surface area contributed by atoms with E-state index in [0.29, 0.717) is 18.9 Å². The molecule has 126 valence electrons. The van der Waals surface area contributed by atoms with Crippen LogP contribution >= 0.6 is 0 Å². The van der Waals surface area contributed by atoms with Gasteiger partial charge in [0.2, 0.25) is 11.8 Å². The van der Waals surface area contributed by atoms with Crippen LogP contribution in [0.15, 0.2) is 24.3 Å². The summed E-state index contributed by atoms with van der Waals surface area (Å²) in [5, 5.41) is 2.98. The van der Waals surface area contributed by atoms with Crippen LogP contribution in [0.5, 0.6) is 0 Å². The van der Waals surface area contributed by atoms with Crippen molar-refractivity contribution in [3.63, 3.8) is 0 Å². The predicted octanol–water partition coefficient (Wildman–Crippen LogP) is 2.73. The van der Waals surface area contributed by atoms with Crippen molar-refractivity contribution < 1.29 is 14.0 Å². The van der Waals surface area contributed by atoms with E-state index < -0.39 is 0 Å². The Morgan fingerprint density at radius 3 is 2.39 bits per heavy atom. The van der Waals surface area contributed by atoms with Crippen molar-refractivity contribution in [1.82, 2.24) is 5.32 Å². The molecule has 0 aliphatic heterocycles. The van der Waals surface area contributed by atoms with E-state index in [1.165, 1.54) is 12.1 Å². The highest BCUT2D eigenvalue weighted by Gasteiger charge is 2.24. The van der Waals surface area contributed by atoms with Crippen molar-refractivity contribution in [2.75, 3.05) is 6.54 Å². The van der Waals surface area contributed by atoms with E-state index in [4.69, 9.17) is 5.73 Å². The fourth-order valence-corrected chi connectivity index (χ4v) is 3.17. The van der Waals surface area contributed by atoms with Gasteiger partial charge in [-0.25, -0.2) is 4.39 Å². The third kappa shape index (κ3) is 5.34. The normalized spacial score (nSPS) is 22.3. The number of carbonyl (C=O) groups excluding carboxylic acids is 2. The van der Waals surface area contributed by atoms with E-state index in [-0.39, 0.29) is 29.5 Å². The van der Waals surface area contributed by atoms with Gasteiger partial charge in [0.25, 0.3) is 0 Å². The molecule has 2 amide bonds. The number of hydrogen-bond donors (Lipinski definition) is 2. The summed E-state index contributed by atoms with van der Waals surface area (Å²) < 4.78 is 12.9. The number of nitrogens with two attached hydrogens (primary N) is 1. The van der Waals surface area contributed by atoms with E-state index in [1.807, 2.05) is 6.92 Å². The molecule has 0 spiro atoms. The summed E-state index contributed by atoms with van der Waals surface area (Å²) in [7, 11) is 0. The molecule has 0 radical (unpaired) electrons. The summed E-state index contributed by atoms with van der Waals surface area (Å²) in [6.45, 7) is 2.62. The second kappa shape index (κ2) is 8.09. The fourth-order valence-electron chi connectivity index (χ4n) is 3.17. The van der Waals surface area contributed by atoms with Crippen molar-refractivity contribution in [2.45, 2.75) is 44.9 Å². The third-order valence-electron chi connectivity index (χ3n) is 4.77. The highest BCUT2D eigenvalue weighted by Crippen LogP contribution is 2.28. The number of amides is 2. The molecule has 5 heteroatoms.